The molecule has 0 bridgehead atoms. The van der Waals surface area contributed by atoms with E-state index in [9.17, 15) is 9.59 Å². The van der Waals surface area contributed by atoms with E-state index in [0.29, 0.717) is 5.69 Å². The zero-order chi connectivity index (χ0) is 14.7. The molecule has 0 aliphatic heterocycles. The van der Waals surface area contributed by atoms with Crippen molar-refractivity contribution < 1.29 is 14.7 Å². The molecule has 0 fully saturated rings. The van der Waals surface area contributed by atoms with Crippen LogP contribution in [0.1, 0.15) is 10.5 Å². The number of carbonyl (C=O) groups excluding carboxylic acids is 1. The smallest absolute Gasteiger partial charge is 0.358 e. The van der Waals surface area contributed by atoms with Gasteiger partial charge in [-0.25, -0.2) is 9.48 Å². The molecule has 2 heterocycles. The Morgan fingerprint density at radius 1 is 1.35 bits per heavy atom. The number of carboxylic acids is 1. The number of rotatable bonds is 4. The first-order valence-electron chi connectivity index (χ1n) is 5.79. The van der Waals surface area contributed by atoms with Gasteiger partial charge in [-0.3, -0.25) is 9.78 Å². The number of hydrogen-bond donors (Lipinski definition) is 1. The predicted molar refractivity (Wildman–Crippen MR) is 68.9 cm³/mol. The highest BCUT2D eigenvalue weighted by Crippen LogP contribution is 2.19. The molecule has 8 heteroatoms. The van der Waals surface area contributed by atoms with Crippen LogP contribution in [-0.2, 0) is 11.3 Å². The fourth-order valence-corrected chi connectivity index (χ4v) is 1.59. The number of pyridine rings is 1. The summed E-state index contributed by atoms with van der Waals surface area (Å²) in [5.41, 5.74) is 0.394. The summed E-state index contributed by atoms with van der Waals surface area (Å²) in [4.78, 5) is 28.4. The maximum absolute atomic E-state index is 11.7. The second kappa shape index (κ2) is 5.47. The van der Waals surface area contributed by atoms with Gasteiger partial charge < -0.3 is 10.0 Å². The van der Waals surface area contributed by atoms with E-state index in [1.165, 1.54) is 15.8 Å². The molecule has 2 aromatic rings. The molecule has 0 saturated heterocycles. The number of likely N-dealkylation sites (N-methyl/N-ethyl adjacent to an activating group) is 1. The van der Waals surface area contributed by atoms with Gasteiger partial charge in [0.05, 0.1) is 5.69 Å². The molecule has 0 spiro atoms. The molecule has 8 nitrogen and oxygen atoms in total. The van der Waals surface area contributed by atoms with Crippen molar-refractivity contribution in [2.75, 3.05) is 14.1 Å². The summed E-state index contributed by atoms with van der Waals surface area (Å²) in [6.45, 7) is -0.0980. The van der Waals surface area contributed by atoms with Crippen molar-refractivity contribution in [3.05, 3.63) is 30.1 Å². The minimum Gasteiger partial charge on any atom is -0.476 e. The van der Waals surface area contributed by atoms with Crippen LogP contribution in [0.4, 0.5) is 0 Å². The van der Waals surface area contributed by atoms with Crippen LogP contribution in [0, 0.1) is 0 Å². The van der Waals surface area contributed by atoms with Gasteiger partial charge in [0.2, 0.25) is 5.91 Å². The quantitative estimate of drug-likeness (QED) is 0.850. The molecular weight excluding hydrogens is 262 g/mol. The molecule has 1 N–H and O–H groups in total. The summed E-state index contributed by atoms with van der Waals surface area (Å²) in [5.74, 6) is -1.43. The zero-order valence-corrected chi connectivity index (χ0v) is 11.0. The minimum absolute atomic E-state index is 0.0980. The highest BCUT2D eigenvalue weighted by molar-refractivity contribution is 5.92. The molecule has 20 heavy (non-hydrogen) atoms. The fraction of sp³-hybridized carbons (Fsp3) is 0.250. The molecule has 2 aromatic heterocycles. The van der Waals surface area contributed by atoms with Gasteiger partial charge in [-0.2, -0.15) is 0 Å². The summed E-state index contributed by atoms with van der Waals surface area (Å²) in [6.07, 6.45) is 1.53. The van der Waals surface area contributed by atoms with E-state index < -0.39 is 5.97 Å². The first-order chi connectivity index (χ1) is 9.50. The van der Waals surface area contributed by atoms with Crippen molar-refractivity contribution in [3.8, 4) is 11.4 Å². The molecule has 2 rings (SSSR count). The largest absolute Gasteiger partial charge is 0.476 e. The number of aromatic carboxylic acids is 1. The molecule has 0 radical (unpaired) electrons. The Kier molecular flexibility index (Phi) is 3.74. The third-order valence-corrected chi connectivity index (χ3v) is 2.63. The van der Waals surface area contributed by atoms with E-state index in [-0.39, 0.29) is 23.8 Å². The van der Waals surface area contributed by atoms with Crippen LogP contribution >= 0.6 is 0 Å². The van der Waals surface area contributed by atoms with E-state index in [4.69, 9.17) is 5.11 Å². The number of hydrogen-bond acceptors (Lipinski definition) is 5. The summed E-state index contributed by atoms with van der Waals surface area (Å²) in [7, 11) is 3.22. The lowest BCUT2D eigenvalue weighted by Gasteiger charge is -2.11. The van der Waals surface area contributed by atoms with Gasteiger partial charge in [-0.15, -0.1) is 5.10 Å². The maximum Gasteiger partial charge on any atom is 0.358 e. The topological polar surface area (TPSA) is 101 Å². The van der Waals surface area contributed by atoms with Gasteiger partial charge in [-0.1, -0.05) is 11.3 Å². The number of amides is 1. The van der Waals surface area contributed by atoms with Crippen LogP contribution in [0.3, 0.4) is 0 Å². The van der Waals surface area contributed by atoms with Gasteiger partial charge in [0.15, 0.2) is 5.69 Å². The fourth-order valence-electron chi connectivity index (χ4n) is 1.59. The number of carboxylic acid groups (broad SMARTS) is 1. The molecule has 0 aliphatic carbocycles. The van der Waals surface area contributed by atoms with Crippen molar-refractivity contribution in [2.45, 2.75) is 6.54 Å². The van der Waals surface area contributed by atoms with E-state index >= 15 is 0 Å². The molecule has 104 valence electrons. The predicted octanol–water partition coefficient (Wildman–Crippen LogP) is 0.126. The lowest BCUT2D eigenvalue weighted by atomic mass is 10.2. The van der Waals surface area contributed by atoms with Gasteiger partial charge in [0, 0.05) is 20.3 Å². The van der Waals surface area contributed by atoms with Gasteiger partial charge in [0.1, 0.15) is 12.2 Å². The summed E-state index contributed by atoms with van der Waals surface area (Å²) in [6, 6.07) is 5.07. The van der Waals surface area contributed by atoms with Crippen LogP contribution < -0.4 is 0 Å². The van der Waals surface area contributed by atoms with Crippen molar-refractivity contribution in [2.24, 2.45) is 0 Å². The van der Waals surface area contributed by atoms with E-state index in [1.54, 1.807) is 32.3 Å². The molecule has 0 saturated carbocycles. The number of nitrogens with zero attached hydrogens (tertiary/aromatic N) is 5. The average Bonchev–Trinajstić information content (AvgIpc) is 2.83. The molecule has 1 amide bonds. The van der Waals surface area contributed by atoms with Crippen LogP contribution in [-0.4, -0.2) is 56.0 Å². The van der Waals surface area contributed by atoms with Crippen molar-refractivity contribution in [1.82, 2.24) is 24.9 Å². The lowest BCUT2D eigenvalue weighted by Crippen LogP contribution is -2.27. The Bertz CT molecular complexity index is 636. The normalized spacial score (nSPS) is 10.3. The van der Waals surface area contributed by atoms with Crippen LogP contribution in [0.5, 0.6) is 0 Å². The molecular formula is C12H13N5O3. The number of aromatic nitrogens is 4. The second-order valence-corrected chi connectivity index (χ2v) is 4.25. The second-order valence-electron chi connectivity index (χ2n) is 4.25. The Balaban J connectivity index is 2.49. The van der Waals surface area contributed by atoms with Crippen molar-refractivity contribution >= 4 is 11.9 Å². The van der Waals surface area contributed by atoms with Crippen molar-refractivity contribution in [1.29, 1.82) is 0 Å². The lowest BCUT2D eigenvalue weighted by molar-refractivity contribution is -0.129. The standard InChI is InChI=1S/C12H13N5O3/c1-16(2)9(18)7-17-11(8-5-3-4-6-13-8)10(12(19)20)14-15-17/h3-6H,7H2,1-2H3,(H,19,20). The highest BCUT2D eigenvalue weighted by atomic mass is 16.4. The average molecular weight is 275 g/mol. The van der Waals surface area contributed by atoms with Crippen LogP contribution in [0.25, 0.3) is 11.4 Å². The van der Waals surface area contributed by atoms with Crippen LogP contribution in [0.15, 0.2) is 24.4 Å². The highest BCUT2D eigenvalue weighted by Gasteiger charge is 2.22. The Labute approximate surface area is 114 Å². The van der Waals surface area contributed by atoms with E-state index in [0.717, 1.165) is 0 Å². The third-order valence-electron chi connectivity index (χ3n) is 2.63. The molecule has 0 aromatic carbocycles. The van der Waals surface area contributed by atoms with E-state index in [1.807, 2.05) is 0 Å². The summed E-state index contributed by atoms with van der Waals surface area (Å²) >= 11 is 0. The SMILES string of the molecule is CN(C)C(=O)Cn1nnc(C(=O)O)c1-c1ccccn1. The Morgan fingerprint density at radius 3 is 2.65 bits per heavy atom. The van der Waals surface area contributed by atoms with Crippen LogP contribution in [0.2, 0.25) is 0 Å². The molecule has 0 unspecified atom stereocenters. The van der Waals surface area contributed by atoms with Gasteiger partial charge >= 0.3 is 5.97 Å². The first kappa shape index (κ1) is 13.7. The minimum atomic E-state index is -1.21. The van der Waals surface area contributed by atoms with Crippen molar-refractivity contribution in [3.63, 3.8) is 0 Å². The Hall–Kier alpha value is -2.77. The summed E-state index contributed by atoms with van der Waals surface area (Å²) < 4.78 is 1.24. The molecule has 0 aliphatic rings. The van der Waals surface area contributed by atoms with E-state index in [2.05, 4.69) is 15.3 Å². The number of carbonyl (C=O) groups is 2. The monoisotopic (exact) mass is 275 g/mol. The third kappa shape index (κ3) is 2.63. The maximum atomic E-state index is 11.7. The Morgan fingerprint density at radius 2 is 2.10 bits per heavy atom. The van der Waals surface area contributed by atoms with Gasteiger partial charge in [-0.05, 0) is 12.1 Å². The zero-order valence-electron chi connectivity index (χ0n) is 11.0. The summed E-state index contributed by atoms with van der Waals surface area (Å²) in [5, 5.41) is 16.5. The van der Waals surface area contributed by atoms with Gasteiger partial charge in [0.25, 0.3) is 0 Å². The molecule has 0 atom stereocenters. The first-order valence-corrected chi connectivity index (χ1v) is 5.79.